The SMILES string of the molecule is CS(=O)(=O)N1CCC2(CNC2)C1.Cl. The van der Waals surface area contributed by atoms with Crippen LogP contribution in [0, 0.1) is 5.41 Å². The summed E-state index contributed by atoms with van der Waals surface area (Å²) in [6, 6.07) is 0. The lowest BCUT2D eigenvalue weighted by molar-refractivity contribution is 0.187. The second kappa shape index (κ2) is 3.38. The second-order valence-electron chi connectivity index (χ2n) is 3.95. The molecule has 2 fully saturated rings. The normalized spacial score (nSPS) is 26.8. The first kappa shape index (κ1) is 11.2. The van der Waals surface area contributed by atoms with Gasteiger partial charge in [0.2, 0.25) is 10.0 Å². The zero-order valence-corrected chi connectivity index (χ0v) is 9.25. The van der Waals surface area contributed by atoms with Gasteiger partial charge in [0.25, 0.3) is 0 Å². The number of hydrogen-bond acceptors (Lipinski definition) is 3. The number of nitrogens with one attached hydrogen (secondary N) is 1. The number of rotatable bonds is 1. The van der Waals surface area contributed by atoms with Crippen molar-refractivity contribution < 1.29 is 8.42 Å². The van der Waals surface area contributed by atoms with E-state index >= 15 is 0 Å². The average molecular weight is 227 g/mol. The highest BCUT2D eigenvalue weighted by Gasteiger charge is 2.45. The molecule has 0 radical (unpaired) electrons. The highest BCUT2D eigenvalue weighted by molar-refractivity contribution is 7.88. The van der Waals surface area contributed by atoms with Gasteiger partial charge in [0, 0.05) is 31.6 Å². The average Bonchev–Trinajstić information content (AvgIpc) is 2.26. The van der Waals surface area contributed by atoms with Crippen LogP contribution >= 0.6 is 12.4 Å². The van der Waals surface area contributed by atoms with E-state index in [4.69, 9.17) is 0 Å². The molecule has 0 saturated carbocycles. The van der Waals surface area contributed by atoms with E-state index in [1.54, 1.807) is 4.31 Å². The first-order valence-corrected chi connectivity index (χ1v) is 6.03. The molecular formula is C7H15ClN2O2S. The summed E-state index contributed by atoms with van der Waals surface area (Å²) < 4.78 is 23.9. The van der Waals surface area contributed by atoms with Gasteiger partial charge in [0.05, 0.1) is 6.26 Å². The second-order valence-corrected chi connectivity index (χ2v) is 5.93. The van der Waals surface area contributed by atoms with E-state index < -0.39 is 10.0 Å². The molecule has 6 heteroatoms. The molecule has 0 aromatic heterocycles. The highest BCUT2D eigenvalue weighted by Crippen LogP contribution is 2.34. The maximum atomic E-state index is 11.2. The predicted octanol–water partition coefficient (Wildman–Crippen LogP) is -0.337. The van der Waals surface area contributed by atoms with E-state index in [-0.39, 0.29) is 17.8 Å². The molecule has 1 spiro atoms. The molecule has 4 nitrogen and oxygen atoms in total. The van der Waals surface area contributed by atoms with Gasteiger partial charge in [-0.2, -0.15) is 0 Å². The van der Waals surface area contributed by atoms with Crippen LogP contribution in [0.5, 0.6) is 0 Å². The minimum absolute atomic E-state index is 0. The van der Waals surface area contributed by atoms with Crippen LogP contribution < -0.4 is 5.32 Å². The molecule has 13 heavy (non-hydrogen) atoms. The topological polar surface area (TPSA) is 49.4 Å². The minimum atomic E-state index is -2.94. The molecule has 0 atom stereocenters. The largest absolute Gasteiger partial charge is 0.315 e. The molecule has 2 aliphatic heterocycles. The summed E-state index contributed by atoms with van der Waals surface area (Å²) in [5.41, 5.74) is 0.281. The molecule has 2 aliphatic rings. The van der Waals surface area contributed by atoms with Crippen LogP contribution in [0.4, 0.5) is 0 Å². The lowest BCUT2D eigenvalue weighted by Crippen LogP contribution is -2.54. The maximum absolute atomic E-state index is 11.2. The van der Waals surface area contributed by atoms with Gasteiger partial charge in [-0.1, -0.05) is 0 Å². The van der Waals surface area contributed by atoms with Gasteiger partial charge >= 0.3 is 0 Å². The Bertz CT molecular complexity index is 287. The van der Waals surface area contributed by atoms with Crippen LogP contribution in [0.3, 0.4) is 0 Å². The molecule has 0 amide bonds. The molecule has 0 unspecified atom stereocenters. The Morgan fingerprint density at radius 1 is 1.38 bits per heavy atom. The minimum Gasteiger partial charge on any atom is -0.315 e. The van der Waals surface area contributed by atoms with Gasteiger partial charge in [-0.15, -0.1) is 12.4 Å². The van der Waals surface area contributed by atoms with Crippen LogP contribution in [0.15, 0.2) is 0 Å². The van der Waals surface area contributed by atoms with Crippen molar-refractivity contribution in [2.24, 2.45) is 5.41 Å². The Balaban J connectivity index is 0.000000845. The molecule has 0 bridgehead atoms. The first-order valence-electron chi connectivity index (χ1n) is 4.18. The Hall–Kier alpha value is 0.160. The number of sulfonamides is 1. The monoisotopic (exact) mass is 226 g/mol. The van der Waals surface area contributed by atoms with Crippen LogP contribution in [0.2, 0.25) is 0 Å². The van der Waals surface area contributed by atoms with Crippen LogP contribution in [-0.2, 0) is 10.0 Å². The molecule has 0 aromatic rings. The van der Waals surface area contributed by atoms with E-state index in [2.05, 4.69) is 5.32 Å². The third-order valence-corrected chi connectivity index (χ3v) is 4.12. The third kappa shape index (κ3) is 1.98. The van der Waals surface area contributed by atoms with E-state index in [0.717, 1.165) is 26.1 Å². The van der Waals surface area contributed by atoms with Crippen molar-refractivity contribution in [3.8, 4) is 0 Å². The van der Waals surface area contributed by atoms with Crippen molar-refractivity contribution in [2.75, 3.05) is 32.4 Å². The molecule has 78 valence electrons. The molecule has 2 saturated heterocycles. The molecular weight excluding hydrogens is 212 g/mol. The molecule has 1 N–H and O–H groups in total. The lowest BCUT2D eigenvalue weighted by atomic mass is 9.81. The quantitative estimate of drug-likeness (QED) is 0.666. The van der Waals surface area contributed by atoms with Gasteiger partial charge in [-0.25, -0.2) is 12.7 Å². The molecule has 0 aliphatic carbocycles. The van der Waals surface area contributed by atoms with E-state index in [0.29, 0.717) is 6.54 Å². The Labute approximate surface area is 85.1 Å². The van der Waals surface area contributed by atoms with E-state index in [9.17, 15) is 8.42 Å². The molecule has 2 heterocycles. The van der Waals surface area contributed by atoms with Gasteiger partial charge < -0.3 is 5.32 Å². The van der Waals surface area contributed by atoms with E-state index in [1.807, 2.05) is 0 Å². The summed E-state index contributed by atoms with van der Waals surface area (Å²) in [7, 11) is -2.94. The molecule has 2 rings (SSSR count). The van der Waals surface area contributed by atoms with Gasteiger partial charge in [-0.05, 0) is 6.42 Å². The highest BCUT2D eigenvalue weighted by atomic mass is 35.5. The smallest absolute Gasteiger partial charge is 0.211 e. The fraction of sp³-hybridized carbons (Fsp3) is 1.00. The number of halogens is 1. The Kier molecular flexibility index (Phi) is 2.92. The zero-order valence-electron chi connectivity index (χ0n) is 7.62. The summed E-state index contributed by atoms with van der Waals surface area (Å²) >= 11 is 0. The Morgan fingerprint density at radius 2 is 2.00 bits per heavy atom. The van der Waals surface area contributed by atoms with Crippen molar-refractivity contribution in [1.29, 1.82) is 0 Å². The molecule has 0 aromatic carbocycles. The van der Waals surface area contributed by atoms with Crippen LogP contribution in [0.25, 0.3) is 0 Å². The predicted molar refractivity (Wildman–Crippen MR) is 53.6 cm³/mol. The van der Waals surface area contributed by atoms with E-state index in [1.165, 1.54) is 6.26 Å². The summed E-state index contributed by atoms with van der Waals surface area (Å²) in [5, 5.41) is 3.19. The first-order chi connectivity index (χ1) is 5.52. The summed E-state index contributed by atoms with van der Waals surface area (Å²) in [4.78, 5) is 0. The summed E-state index contributed by atoms with van der Waals surface area (Å²) in [5.74, 6) is 0. The van der Waals surface area contributed by atoms with Gasteiger partial charge in [0.15, 0.2) is 0 Å². The lowest BCUT2D eigenvalue weighted by Gasteiger charge is -2.38. The maximum Gasteiger partial charge on any atom is 0.211 e. The van der Waals surface area contributed by atoms with Crippen molar-refractivity contribution in [3.05, 3.63) is 0 Å². The third-order valence-electron chi connectivity index (χ3n) is 2.87. The van der Waals surface area contributed by atoms with Crippen LogP contribution in [0.1, 0.15) is 6.42 Å². The number of hydrogen-bond donors (Lipinski definition) is 1. The summed E-state index contributed by atoms with van der Waals surface area (Å²) in [6.07, 6.45) is 2.31. The fourth-order valence-electron chi connectivity index (χ4n) is 1.94. The van der Waals surface area contributed by atoms with Gasteiger partial charge in [0.1, 0.15) is 0 Å². The Morgan fingerprint density at radius 3 is 2.23 bits per heavy atom. The van der Waals surface area contributed by atoms with Crippen molar-refractivity contribution in [2.45, 2.75) is 6.42 Å². The number of nitrogens with zero attached hydrogens (tertiary/aromatic N) is 1. The zero-order chi connectivity index (χ0) is 8.82. The van der Waals surface area contributed by atoms with Crippen molar-refractivity contribution in [1.82, 2.24) is 9.62 Å². The van der Waals surface area contributed by atoms with Crippen molar-refractivity contribution in [3.63, 3.8) is 0 Å². The standard InChI is InChI=1S/C7H14N2O2S.ClH/c1-12(10,11)9-3-2-7(6-9)4-8-5-7;/h8H,2-6H2,1H3;1H. The van der Waals surface area contributed by atoms with Gasteiger partial charge in [-0.3, -0.25) is 0 Å². The fourth-order valence-corrected chi connectivity index (χ4v) is 2.88. The summed E-state index contributed by atoms with van der Waals surface area (Å²) in [6.45, 7) is 3.40. The van der Waals surface area contributed by atoms with Crippen LogP contribution in [-0.4, -0.2) is 45.2 Å². The van der Waals surface area contributed by atoms with Crippen molar-refractivity contribution >= 4 is 22.4 Å².